The first-order chi connectivity index (χ1) is 11.2. The monoisotopic (exact) mass is 310 g/mol. The first kappa shape index (κ1) is 15.9. The fourth-order valence-electron chi connectivity index (χ4n) is 3.34. The van der Waals surface area contributed by atoms with Gasteiger partial charge in [-0.25, -0.2) is 9.97 Å². The summed E-state index contributed by atoms with van der Waals surface area (Å²) in [6, 6.07) is 12.8. The first-order valence-electron chi connectivity index (χ1n) is 8.54. The molecule has 1 saturated heterocycles. The van der Waals surface area contributed by atoms with Gasteiger partial charge in [0.1, 0.15) is 5.82 Å². The fraction of sp³-hybridized carbons (Fsp3) is 0.474. The molecule has 1 aromatic carbocycles. The van der Waals surface area contributed by atoms with Crippen LogP contribution in [-0.4, -0.2) is 41.5 Å². The minimum atomic E-state index is 0.729. The summed E-state index contributed by atoms with van der Waals surface area (Å²) in [6.07, 6.45) is 4.04. The molecule has 0 aliphatic carbocycles. The Hall–Kier alpha value is -1.94. The lowest BCUT2D eigenvalue weighted by atomic mass is 10.1. The van der Waals surface area contributed by atoms with Gasteiger partial charge < -0.3 is 9.80 Å². The van der Waals surface area contributed by atoms with Crippen LogP contribution in [0.2, 0.25) is 0 Å². The van der Waals surface area contributed by atoms with Gasteiger partial charge in [0.15, 0.2) is 0 Å². The number of aromatic nitrogens is 2. The van der Waals surface area contributed by atoms with E-state index in [1.807, 2.05) is 12.3 Å². The molecule has 0 saturated carbocycles. The summed E-state index contributed by atoms with van der Waals surface area (Å²) < 4.78 is 0. The lowest BCUT2D eigenvalue weighted by Crippen LogP contribution is -2.28. The zero-order chi connectivity index (χ0) is 16.1. The SMILES string of the molecule is CCc1nccc(CN(C)C[C@H]2CCN(c3ccccc3)C2)n1. The molecule has 0 spiro atoms. The van der Waals surface area contributed by atoms with Gasteiger partial charge in [0.25, 0.3) is 0 Å². The Morgan fingerprint density at radius 3 is 2.83 bits per heavy atom. The standard InChI is InChI=1S/C19H26N4/c1-3-19-20-11-9-17(21-19)15-22(2)13-16-10-12-23(14-16)18-7-5-4-6-8-18/h4-9,11,16H,3,10,12-15H2,1-2H3/t16-/m1/s1. The summed E-state index contributed by atoms with van der Waals surface area (Å²) in [5, 5.41) is 0. The summed E-state index contributed by atoms with van der Waals surface area (Å²) in [4.78, 5) is 13.8. The number of aryl methyl sites for hydroxylation is 1. The average Bonchev–Trinajstić information content (AvgIpc) is 3.04. The van der Waals surface area contributed by atoms with Crippen LogP contribution in [0.4, 0.5) is 5.69 Å². The summed E-state index contributed by atoms with van der Waals surface area (Å²) in [5.41, 5.74) is 2.47. The third-order valence-electron chi connectivity index (χ3n) is 4.49. The molecule has 3 rings (SSSR count). The van der Waals surface area contributed by atoms with Crippen molar-refractivity contribution in [3.05, 3.63) is 54.1 Å². The van der Waals surface area contributed by atoms with Gasteiger partial charge in [0, 0.05) is 44.5 Å². The largest absolute Gasteiger partial charge is 0.371 e. The highest BCUT2D eigenvalue weighted by Gasteiger charge is 2.23. The quantitative estimate of drug-likeness (QED) is 0.821. The third-order valence-corrected chi connectivity index (χ3v) is 4.49. The van der Waals surface area contributed by atoms with Crippen LogP contribution in [0.1, 0.15) is 24.9 Å². The second-order valence-corrected chi connectivity index (χ2v) is 6.45. The Kier molecular flexibility index (Phi) is 5.23. The van der Waals surface area contributed by atoms with Crippen molar-refractivity contribution in [1.82, 2.24) is 14.9 Å². The Balaban J connectivity index is 1.51. The minimum Gasteiger partial charge on any atom is -0.371 e. The highest BCUT2D eigenvalue weighted by atomic mass is 15.2. The predicted octanol–water partition coefficient (Wildman–Crippen LogP) is 3.00. The topological polar surface area (TPSA) is 32.3 Å². The molecule has 1 aliphatic rings. The molecule has 0 unspecified atom stereocenters. The molecule has 0 radical (unpaired) electrons. The molecule has 1 aliphatic heterocycles. The lowest BCUT2D eigenvalue weighted by Gasteiger charge is -2.22. The van der Waals surface area contributed by atoms with Crippen molar-refractivity contribution in [2.75, 3.05) is 31.6 Å². The second-order valence-electron chi connectivity index (χ2n) is 6.45. The Labute approximate surface area is 139 Å². The van der Waals surface area contributed by atoms with Crippen molar-refractivity contribution >= 4 is 5.69 Å². The predicted molar refractivity (Wildman–Crippen MR) is 94.5 cm³/mol. The van der Waals surface area contributed by atoms with Crippen molar-refractivity contribution in [2.24, 2.45) is 5.92 Å². The van der Waals surface area contributed by atoms with Crippen LogP contribution in [0.3, 0.4) is 0 Å². The minimum absolute atomic E-state index is 0.729. The van der Waals surface area contributed by atoms with Crippen molar-refractivity contribution in [3.63, 3.8) is 0 Å². The van der Waals surface area contributed by atoms with Crippen LogP contribution in [0.15, 0.2) is 42.6 Å². The van der Waals surface area contributed by atoms with Gasteiger partial charge in [-0.05, 0) is 37.6 Å². The molecule has 1 atom stereocenters. The molecule has 0 bridgehead atoms. The van der Waals surface area contributed by atoms with E-state index < -0.39 is 0 Å². The summed E-state index contributed by atoms with van der Waals surface area (Å²) in [7, 11) is 2.19. The van der Waals surface area contributed by atoms with Crippen molar-refractivity contribution < 1.29 is 0 Å². The number of nitrogens with zero attached hydrogens (tertiary/aromatic N) is 4. The van der Waals surface area contributed by atoms with Crippen LogP contribution in [0.5, 0.6) is 0 Å². The van der Waals surface area contributed by atoms with Gasteiger partial charge in [0.2, 0.25) is 0 Å². The number of anilines is 1. The van der Waals surface area contributed by atoms with Crippen LogP contribution in [-0.2, 0) is 13.0 Å². The maximum Gasteiger partial charge on any atom is 0.128 e. The van der Waals surface area contributed by atoms with Gasteiger partial charge in [-0.2, -0.15) is 0 Å². The molecular formula is C19H26N4. The Morgan fingerprint density at radius 2 is 2.04 bits per heavy atom. The second kappa shape index (κ2) is 7.55. The third kappa shape index (κ3) is 4.29. The van der Waals surface area contributed by atoms with Crippen LogP contribution < -0.4 is 4.90 Å². The molecule has 1 fully saturated rings. The van der Waals surface area contributed by atoms with E-state index in [-0.39, 0.29) is 0 Å². The van der Waals surface area contributed by atoms with Crippen molar-refractivity contribution in [2.45, 2.75) is 26.3 Å². The molecule has 2 aromatic rings. The van der Waals surface area contributed by atoms with Gasteiger partial charge in [0.05, 0.1) is 5.69 Å². The lowest BCUT2D eigenvalue weighted by molar-refractivity contribution is 0.276. The number of benzene rings is 1. The molecule has 2 heterocycles. The number of hydrogen-bond donors (Lipinski definition) is 0. The maximum atomic E-state index is 4.61. The van der Waals surface area contributed by atoms with Crippen molar-refractivity contribution in [1.29, 1.82) is 0 Å². The van der Waals surface area contributed by atoms with E-state index in [2.05, 4.69) is 64.1 Å². The summed E-state index contributed by atoms with van der Waals surface area (Å²) in [5.74, 6) is 1.67. The van der Waals surface area contributed by atoms with E-state index in [0.29, 0.717) is 0 Å². The molecule has 4 nitrogen and oxygen atoms in total. The molecule has 0 N–H and O–H groups in total. The zero-order valence-corrected chi connectivity index (χ0v) is 14.2. The average molecular weight is 310 g/mol. The Bertz CT molecular complexity index is 614. The number of para-hydroxylation sites is 1. The Morgan fingerprint density at radius 1 is 1.22 bits per heavy atom. The van der Waals surface area contributed by atoms with E-state index >= 15 is 0 Å². The first-order valence-corrected chi connectivity index (χ1v) is 8.54. The van der Waals surface area contributed by atoms with Gasteiger partial charge in [-0.3, -0.25) is 0 Å². The van der Waals surface area contributed by atoms with E-state index in [1.165, 1.54) is 12.1 Å². The number of rotatable bonds is 6. The van der Waals surface area contributed by atoms with Gasteiger partial charge in [-0.1, -0.05) is 25.1 Å². The van der Waals surface area contributed by atoms with Gasteiger partial charge >= 0.3 is 0 Å². The van der Waals surface area contributed by atoms with Crippen LogP contribution >= 0.6 is 0 Å². The zero-order valence-electron chi connectivity index (χ0n) is 14.2. The molecular weight excluding hydrogens is 284 g/mol. The van der Waals surface area contributed by atoms with Gasteiger partial charge in [-0.15, -0.1) is 0 Å². The van der Waals surface area contributed by atoms with E-state index in [0.717, 1.165) is 50.0 Å². The molecule has 23 heavy (non-hydrogen) atoms. The van der Waals surface area contributed by atoms with E-state index in [1.54, 1.807) is 0 Å². The number of hydrogen-bond acceptors (Lipinski definition) is 4. The smallest absolute Gasteiger partial charge is 0.128 e. The maximum absolute atomic E-state index is 4.61. The fourth-order valence-corrected chi connectivity index (χ4v) is 3.34. The van der Waals surface area contributed by atoms with E-state index in [4.69, 9.17) is 0 Å². The van der Waals surface area contributed by atoms with Crippen LogP contribution in [0.25, 0.3) is 0 Å². The molecule has 4 heteroatoms. The highest BCUT2D eigenvalue weighted by molar-refractivity contribution is 5.46. The summed E-state index contributed by atoms with van der Waals surface area (Å²) in [6.45, 7) is 6.43. The van der Waals surface area contributed by atoms with Crippen LogP contribution in [0, 0.1) is 5.92 Å². The molecule has 1 aromatic heterocycles. The van der Waals surface area contributed by atoms with E-state index in [9.17, 15) is 0 Å². The summed E-state index contributed by atoms with van der Waals surface area (Å²) >= 11 is 0. The van der Waals surface area contributed by atoms with Crippen molar-refractivity contribution in [3.8, 4) is 0 Å². The highest BCUT2D eigenvalue weighted by Crippen LogP contribution is 2.24. The molecule has 122 valence electrons. The normalized spacial score (nSPS) is 17.9. The molecule has 0 amide bonds.